The predicted molar refractivity (Wildman–Crippen MR) is 509 cm³/mol. The zero-order chi connectivity index (χ0) is 106. The minimum Gasteiger partial charge on any atom is -0.497 e. The van der Waals surface area contributed by atoms with E-state index in [0.717, 1.165) is 45.5 Å². The molecule has 8 aromatic carbocycles. The molecular formula is C101H90F5N23O20. The third-order valence-corrected chi connectivity index (χ3v) is 26.6. The molecule has 4 unspecified atom stereocenters. The number of imide groups is 5. The number of amides is 20. The van der Waals surface area contributed by atoms with Crippen LogP contribution in [0.1, 0.15) is 127 Å². The number of rotatable bonds is 24. The van der Waals surface area contributed by atoms with E-state index < -0.39 is 112 Å². The van der Waals surface area contributed by atoms with Crippen molar-refractivity contribution in [2.45, 2.75) is 86.5 Å². The first-order valence-electron chi connectivity index (χ1n) is 45.8. The van der Waals surface area contributed by atoms with Crippen LogP contribution in [0.5, 0.6) is 28.7 Å². The van der Waals surface area contributed by atoms with Crippen LogP contribution in [0.4, 0.5) is 45.9 Å². The van der Waals surface area contributed by atoms with E-state index >= 15 is 0 Å². The summed E-state index contributed by atoms with van der Waals surface area (Å²) in [5.41, 5.74) is 3.37. The molecule has 10 N–H and O–H groups in total. The van der Waals surface area contributed by atoms with Crippen molar-refractivity contribution in [1.82, 2.24) is 117 Å². The van der Waals surface area contributed by atoms with Crippen molar-refractivity contribution in [1.29, 1.82) is 0 Å². The Labute approximate surface area is 841 Å². The molecular weight excluding hydrogens is 1950 g/mol. The van der Waals surface area contributed by atoms with E-state index in [-0.39, 0.29) is 98.2 Å². The van der Waals surface area contributed by atoms with E-state index in [2.05, 4.69) is 78.4 Å². The van der Waals surface area contributed by atoms with Gasteiger partial charge in [0.05, 0.1) is 85.4 Å². The summed E-state index contributed by atoms with van der Waals surface area (Å²) in [6.07, 6.45) is 9.79. The topological polar surface area (TPSA) is 518 Å². The molecule has 22 rings (SSSR count). The van der Waals surface area contributed by atoms with E-state index in [1.54, 1.807) is 154 Å². The van der Waals surface area contributed by atoms with Crippen molar-refractivity contribution in [3.05, 3.63) is 315 Å². The number of methoxy groups -OCH3 is 4. The summed E-state index contributed by atoms with van der Waals surface area (Å²) in [4.78, 5) is 204. The largest absolute Gasteiger partial charge is 0.497 e. The summed E-state index contributed by atoms with van der Waals surface area (Å²) >= 11 is 0. The number of ether oxygens (including phenoxy) is 5. The molecule has 12 aromatic rings. The quantitative estimate of drug-likeness (QED) is 0.0209. The van der Waals surface area contributed by atoms with Crippen molar-refractivity contribution < 1.29 is 118 Å². The third kappa shape index (κ3) is 19.5. The van der Waals surface area contributed by atoms with Gasteiger partial charge in [-0.25, -0.2) is 47.4 Å². The van der Waals surface area contributed by atoms with E-state index in [0.29, 0.717) is 98.4 Å². The van der Waals surface area contributed by atoms with Crippen LogP contribution in [0.3, 0.4) is 0 Å². The Morgan fingerprint density at radius 3 is 0.940 bits per heavy atom. The molecule has 10 aliphatic rings. The predicted octanol–water partition coefficient (Wildman–Crippen LogP) is 7.29. The summed E-state index contributed by atoms with van der Waals surface area (Å²) < 4.78 is 94.0. The van der Waals surface area contributed by atoms with Gasteiger partial charge in [0.2, 0.25) is 0 Å². The molecule has 48 heteroatoms. The Hall–Kier alpha value is -18.8. The number of alkyl halides is 3. The van der Waals surface area contributed by atoms with Crippen LogP contribution in [0.15, 0.2) is 220 Å². The number of nitrogens with one attached hydrogen (secondary N) is 10. The first-order chi connectivity index (χ1) is 71.2. The van der Waals surface area contributed by atoms with Gasteiger partial charge in [-0.05, 0) is 155 Å². The number of carbonyl (C=O) groups excluding carboxylic acids is 15. The van der Waals surface area contributed by atoms with Gasteiger partial charge in [0.15, 0.2) is 34.3 Å². The van der Waals surface area contributed by atoms with E-state index in [9.17, 15) is 93.9 Å². The fourth-order valence-electron chi connectivity index (χ4n) is 18.9. The number of halogens is 5. The number of hydrogen-bond donors (Lipinski definition) is 10. The van der Waals surface area contributed by atoms with Crippen LogP contribution in [0.2, 0.25) is 0 Å². The molecule has 0 radical (unpaired) electrons. The van der Waals surface area contributed by atoms with Crippen molar-refractivity contribution >= 4 is 89.2 Å². The fourth-order valence-corrected chi connectivity index (χ4v) is 18.9. The van der Waals surface area contributed by atoms with Gasteiger partial charge in [0.25, 0.3) is 59.1 Å². The molecule has 5 atom stereocenters. The maximum atomic E-state index is 13.4. The Morgan fingerprint density at radius 2 is 0.638 bits per heavy atom. The van der Waals surface area contributed by atoms with Crippen molar-refractivity contribution in [2.24, 2.45) is 7.05 Å². The number of nitrogens with zero attached hydrogens (tertiary/aromatic N) is 13. The van der Waals surface area contributed by atoms with Gasteiger partial charge in [0, 0.05) is 127 Å². The lowest BCUT2D eigenvalue weighted by atomic mass is 9.88. The number of aromatic nitrogens is 8. The molecule has 0 aliphatic carbocycles. The minimum absolute atomic E-state index is 0.00416. The van der Waals surface area contributed by atoms with Crippen molar-refractivity contribution in [3.63, 3.8) is 0 Å². The summed E-state index contributed by atoms with van der Waals surface area (Å²) in [5.74, 6) is -2.96. The maximum Gasteiger partial charge on any atom is 0.422 e. The van der Waals surface area contributed by atoms with Gasteiger partial charge in [-0.2, -0.15) is 28.5 Å². The molecule has 14 heterocycles. The molecule has 5 saturated heterocycles. The average Bonchev–Trinajstić information content (AvgIpc) is 1.61. The summed E-state index contributed by atoms with van der Waals surface area (Å²) in [6, 6.07) is 39.8. The van der Waals surface area contributed by atoms with Gasteiger partial charge < -0.3 is 74.8 Å². The SMILES string of the molecule is COc1ccc2c(c1)C(=O)N(CC1(c3cnn(-c4ccc(F)cc4)c3)NC(=O)NC1=O)C2.COc1ccc2c(c1)C(=O)N(CC1(c3cnn(C(C)C)c3)NC(=O)NC1=O)C2.COc1ccc2c(c1)C(=O)N(CC1(c3cnn(C)c3)NC(=O)NC1=O)C2.COc1ccc2c(c1)C(=O)N(C[C@@]1(c3ccc(-c4cncnc4)cc3)NC(=O)NC1=O)C2.O=C1NC(=O)C(CN2Cc3ccc(OCC(F)(F)F)cc3C2=O)(c2ccc(F)cc2)N1. The molecule has 0 saturated carbocycles. The molecule has 0 spiro atoms. The molecule has 10 aliphatic heterocycles. The first-order valence-corrected chi connectivity index (χ1v) is 45.8. The Balaban J connectivity index is 0.000000122. The van der Waals surface area contributed by atoms with Crippen LogP contribution >= 0.6 is 0 Å². The molecule has 149 heavy (non-hydrogen) atoms. The zero-order valence-corrected chi connectivity index (χ0v) is 80.0. The van der Waals surface area contributed by atoms with Crippen LogP contribution in [0, 0.1) is 11.6 Å². The highest BCUT2D eigenvalue weighted by molar-refractivity contribution is 6.13. The number of hydrogen-bond acceptors (Lipinski definition) is 25. The summed E-state index contributed by atoms with van der Waals surface area (Å²) in [7, 11) is 7.85. The molecule has 5 fully saturated rings. The Morgan fingerprint density at radius 1 is 0.342 bits per heavy atom. The number of benzene rings is 8. The normalized spacial score (nSPS) is 20.4. The molecule has 43 nitrogen and oxygen atoms in total. The highest BCUT2D eigenvalue weighted by atomic mass is 19.4. The monoisotopic (exact) mass is 2040 g/mol. The molecule has 4 aromatic heterocycles. The average molecular weight is 2040 g/mol. The van der Waals surface area contributed by atoms with Crippen LogP contribution in [-0.4, -0.2) is 227 Å². The second kappa shape index (κ2) is 39.7. The Bertz CT molecular complexity index is 7500. The van der Waals surface area contributed by atoms with Crippen LogP contribution < -0.4 is 76.9 Å². The lowest BCUT2D eigenvalue weighted by Crippen LogP contribution is -2.52. The maximum absolute atomic E-state index is 13.4. The van der Waals surface area contributed by atoms with Crippen LogP contribution in [-0.2, 0) is 91.4 Å². The standard InChI is InChI=1S/C23H19N5O4.C22H18FN5O4.C20H15F4N3O4.C19H21N5O4.C17H17N5O4/c1-32-18-7-4-15-11-28(20(29)19(15)8-18)12-23(21(30)26-22(31)27-23)17-5-2-14(3-6-17)16-9-24-13-25-10-16;1-32-17-7-2-13-10-27(19(29)18(13)8-17)12-22(20(30)25-21(31)26-22)14-9-24-28(11-14)16-5-3-15(23)4-6-16;21-13-4-2-12(3-5-13)19(17(29)25-18(30)26-19)9-27-8-11-1-6-14(7-15(11)16(27)28)31-10-20(22,23)24;1-11(2)24-9-13(7-20-24)19(17(26)21-18(27)22-19)10-23-8-12-4-5-14(28-3)6-15(12)16(23)25;1-21-8-11(6-18-21)17(15(24)19-16(25)20-17)9-22-7-10-3-4-12(26-2)5-13(10)14(22)23/h2-10,13H,11-12H2,1H3,(H2,26,27,30,31);2-9,11H,10,12H2,1H3,(H2,25,26,30,31);1-7H,8-10H2,(H2,25,26,29,30);4-7,9,11H,8,10H2,1-3H3,(H2,21,22,26,27);3-6,8H,7,9H2,1-2H3,(H2,19,20,24,25)/t23-;;;;/m0..../s1. The lowest BCUT2D eigenvalue weighted by Gasteiger charge is -2.31. The van der Waals surface area contributed by atoms with Gasteiger partial charge in [0.1, 0.15) is 46.7 Å². The van der Waals surface area contributed by atoms with Gasteiger partial charge in [-0.1, -0.05) is 66.7 Å². The Kier molecular flexibility index (Phi) is 26.7. The number of aryl methyl sites for hydroxylation is 1. The number of fused-ring (bicyclic) bond motifs is 5. The second-order valence-electron chi connectivity index (χ2n) is 36.3. The van der Waals surface area contributed by atoms with E-state index in [1.165, 1.54) is 97.0 Å². The number of urea groups is 5. The smallest absolute Gasteiger partial charge is 0.422 e. The van der Waals surface area contributed by atoms with Crippen molar-refractivity contribution in [2.75, 3.05) is 67.8 Å². The number of carbonyl (C=O) groups is 15. The van der Waals surface area contributed by atoms with Gasteiger partial charge in [-0.3, -0.25) is 83.9 Å². The minimum atomic E-state index is -4.52. The van der Waals surface area contributed by atoms with Crippen LogP contribution in [0.25, 0.3) is 16.8 Å². The summed E-state index contributed by atoms with van der Waals surface area (Å²) in [5, 5.41) is 37.2. The second-order valence-corrected chi connectivity index (χ2v) is 36.3. The molecule has 20 amide bonds. The lowest BCUT2D eigenvalue weighted by molar-refractivity contribution is -0.153. The van der Waals surface area contributed by atoms with E-state index in [4.69, 9.17) is 23.7 Å². The van der Waals surface area contributed by atoms with E-state index in [1.807, 2.05) is 44.2 Å². The highest BCUT2D eigenvalue weighted by Gasteiger charge is 2.57. The fraction of sp³-hybridized carbons (Fsp3) is 0.248. The third-order valence-electron chi connectivity index (χ3n) is 26.6. The van der Waals surface area contributed by atoms with Gasteiger partial charge in [-0.15, -0.1) is 0 Å². The molecule has 0 bridgehead atoms. The van der Waals surface area contributed by atoms with Crippen molar-refractivity contribution in [3.8, 4) is 45.6 Å². The summed E-state index contributed by atoms with van der Waals surface area (Å²) in [6.45, 7) is 3.48. The highest BCUT2D eigenvalue weighted by Crippen LogP contribution is 2.42. The zero-order valence-electron chi connectivity index (χ0n) is 80.0. The molecule has 764 valence electrons. The van der Waals surface area contributed by atoms with Gasteiger partial charge >= 0.3 is 36.3 Å². The first kappa shape index (κ1) is 100.